The van der Waals surface area contributed by atoms with Crippen molar-refractivity contribution in [3.05, 3.63) is 59.7 Å². The molecule has 0 N–H and O–H groups in total. The lowest BCUT2D eigenvalue weighted by atomic mass is 10.2. The lowest BCUT2D eigenvalue weighted by Gasteiger charge is -2.14. The van der Waals surface area contributed by atoms with Crippen LogP contribution in [0.4, 0.5) is 0 Å². The molecule has 0 aliphatic heterocycles. The van der Waals surface area contributed by atoms with Crippen LogP contribution in [0, 0.1) is 13.8 Å². The average Bonchev–Trinajstić information content (AvgIpc) is 2.47. The zero-order valence-corrected chi connectivity index (χ0v) is 15.0. The van der Waals surface area contributed by atoms with Gasteiger partial charge in [-0.25, -0.2) is 16.8 Å². The standard InChI is InChI=1S/C17H20O4S2/c1-13-4-8-16(9-5-13)22(18,19)12-15(3)23(20,21)17-10-6-14(2)7-11-17/h4-11,15H,12H2,1-3H3. The Kier molecular flexibility index (Phi) is 4.96. The molecule has 0 aromatic heterocycles. The minimum atomic E-state index is -3.68. The second kappa shape index (κ2) is 6.45. The van der Waals surface area contributed by atoms with Gasteiger partial charge in [0, 0.05) is 0 Å². The van der Waals surface area contributed by atoms with Crippen LogP contribution in [0.15, 0.2) is 58.3 Å². The summed E-state index contributed by atoms with van der Waals surface area (Å²) in [7, 11) is -7.34. The molecular formula is C17H20O4S2. The lowest BCUT2D eigenvalue weighted by molar-refractivity contribution is 0.577. The van der Waals surface area contributed by atoms with Crippen molar-refractivity contribution < 1.29 is 16.8 Å². The van der Waals surface area contributed by atoms with E-state index in [1.165, 1.54) is 31.2 Å². The Hall–Kier alpha value is -1.66. The number of hydrogen-bond donors (Lipinski definition) is 0. The Balaban J connectivity index is 2.28. The van der Waals surface area contributed by atoms with Gasteiger partial charge in [0.2, 0.25) is 0 Å². The Bertz CT molecular complexity index is 879. The van der Waals surface area contributed by atoms with Crippen molar-refractivity contribution in [3.8, 4) is 0 Å². The summed E-state index contributed by atoms with van der Waals surface area (Å²) in [6.45, 7) is 5.16. The average molecular weight is 352 g/mol. The minimum Gasteiger partial charge on any atom is -0.224 e. The van der Waals surface area contributed by atoms with Crippen molar-refractivity contribution in [1.29, 1.82) is 0 Å². The maximum atomic E-state index is 12.5. The molecule has 0 heterocycles. The molecule has 2 aromatic carbocycles. The first kappa shape index (κ1) is 17.7. The van der Waals surface area contributed by atoms with Crippen LogP contribution in [0.5, 0.6) is 0 Å². The number of sulfone groups is 2. The summed E-state index contributed by atoms with van der Waals surface area (Å²) in [6, 6.07) is 12.9. The summed E-state index contributed by atoms with van der Waals surface area (Å²) in [5, 5.41) is -1.02. The first-order chi connectivity index (χ1) is 10.6. The lowest BCUT2D eigenvalue weighted by Crippen LogP contribution is -2.27. The van der Waals surface area contributed by atoms with Crippen LogP contribution in [0.1, 0.15) is 18.1 Å². The van der Waals surface area contributed by atoms with E-state index < -0.39 is 30.7 Å². The van der Waals surface area contributed by atoms with E-state index in [1.54, 1.807) is 24.3 Å². The third-order valence-electron chi connectivity index (χ3n) is 3.71. The van der Waals surface area contributed by atoms with Crippen LogP contribution < -0.4 is 0 Å². The molecule has 4 nitrogen and oxygen atoms in total. The fraction of sp³-hybridized carbons (Fsp3) is 0.294. The van der Waals surface area contributed by atoms with Gasteiger partial charge in [0.05, 0.1) is 20.8 Å². The van der Waals surface area contributed by atoms with Gasteiger partial charge in [0.25, 0.3) is 0 Å². The minimum absolute atomic E-state index is 0.147. The van der Waals surface area contributed by atoms with Crippen LogP contribution in [0.3, 0.4) is 0 Å². The zero-order chi connectivity index (χ0) is 17.3. The van der Waals surface area contributed by atoms with Gasteiger partial charge < -0.3 is 0 Å². The molecule has 0 saturated heterocycles. The Morgan fingerprint density at radius 3 is 1.57 bits per heavy atom. The molecule has 2 aromatic rings. The maximum Gasteiger partial charge on any atom is 0.181 e. The van der Waals surface area contributed by atoms with Gasteiger partial charge >= 0.3 is 0 Å². The Morgan fingerprint density at radius 1 is 0.739 bits per heavy atom. The molecule has 0 fully saturated rings. The van der Waals surface area contributed by atoms with E-state index in [2.05, 4.69) is 0 Å². The fourth-order valence-electron chi connectivity index (χ4n) is 2.20. The van der Waals surface area contributed by atoms with E-state index in [0.717, 1.165) is 11.1 Å². The fourth-order valence-corrected chi connectivity index (χ4v) is 5.80. The molecule has 1 unspecified atom stereocenters. The molecule has 124 valence electrons. The molecule has 6 heteroatoms. The van der Waals surface area contributed by atoms with Crippen molar-refractivity contribution in [2.24, 2.45) is 0 Å². The maximum absolute atomic E-state index is 12.5. The number of benzene rings is 2. The van der Waals surface area contributed by atoms with Crippen LogP contribution in [-0.2, 0) is 19.7 Å². The summed E-state index contributed by atoms with van der Waals surface area (Å²) in [5.41, 5.74) is 1.90. The zero-order valence-electron chi connectivity index (χ0n) is 13.4. The Morgan fingerprint density at radius 2 is 1.13 bits per heavy atom. The van der Waals surface area contributed by atoms with Crippen molar-refractivity contribution in [2.45, 2.75) is 35.8 Å². The summed E-state index contributed by atoms with van der Waals surface area (Å²) in [5.74, 6) is -0.438. The highest BCUT2D eigenvalue weighted by Gasteiger charge is 2.29. The Labute approximate surface area is 138 Å². The van der Waals surface area contributed by atoms with Gasteiger partial charge in [-0.15, -0.1) is 0 Å². The van der Waals surface area contributed by atoms with Crippen LogP contribution in [0.2, 0.25) is 0 Å². The number of hydrogen-bond acceptors (Lipinski definition) is 4. The van der Waals surface area contributed by atoms with Gasteiger partial charge in [0.1, 0.15) is 0 Å². The van der Waals surface area contributed by atoms with Crippen LogP contribution in [0.25, 0.3) is 0 Å². The van der Waals surface area contributed by atoms with Gasteiger partial charge in [-0.1, -0.05) is 35.4 Å². The highest BCUT2D eigenvalue weighted by atomic mass is 32.2. The highest BCUT2D eigenvalue weighted by Crippen LogP contribution is 2.21. The summed E-state index contributed by atoms with van der Waals surface area (Å²) >= 11 is 0. The van der Waals surface area contributed by atoms with Crippen LogP contribution in [-0.4, -0.2) is 27.8 Å². The third-order valence-corrected chi connectivity index (χ3v) is 8.01. The van der Waals surface area contributed by atoms with E-state index >= 15 is 0 Å². The molecule has 1 atom stereocenters. The smallest absolute Gasteiger partial charge is 0.181 e. The molecule has 2 rings (SSSR count). The van der Waals surface area contributed by atoms with Crippen molar-refractivity contribution in [2.75, 3.05) is 5.75 Å². The van der Waals surface area contributed by atoms with E-state index in [4.69, 9.17) is 0 Å². The number of aryl methyl sites for hydroxylation is 2. The van der Waals surface area contributed by atoms with Crippen molar-refractivity contribution >= 4 is 19.7 Å². The summed E-state index contributed by atoms with van der Waals surface area (Å²) in [6.07, 6.45) is 0. The van der Waals surface area contributed by atoms with Gasteiger partial charge in [0.15, 0.2) is 19.7 Å². The molecular weight excluding hydrogens is 332 g/mol. The molecule has 0 saturated carbocycles. The summed E-state index contributed by atoms with van der Waals surface area (Å²) < 4.78 is 49.9. The van der Waals surface area contributed by atoms with Crippen LogP contribution >= 0.6 is 0 Å². The normalized spacial score (nSPS) is 13.7. The first-order valence-electron chi connectivity index (χ1n) is 7.23. The highest BCUT2D eigenvalue weighted by molar-refractivity contribution is 7.95. The predicted molar refractivity (Wildman–Crippen MR) is 91.1 cm³/mol. The van der Waals surface area contributed by atoms with Gasteiger partial charge in [-0.2, -0.15) is 0 Å². The van der Waals surface area contributed by atoms with E-state index in [0.29, 0.717) is 0 Å². The monoisotopic (exact) mass is 352 g/mol. The quantitative estimate of drug-likeness (QED) is 0.830. The van der Waals surface area contributed by atoms with Gasteiger partial charge in [-0.05, 0) is 45.0 Å². The topological polar surface area (TPSA) is 68.3 Å². The number of rotatable bonds is 5. The molecule has 0 aliphatic carbocycles. The van der Waals surface area contributed by atoms with Crippen molar-refractivity contribution in [1.82, 2.24) is 0 Å². The third kappa shape index (κ3) is 4.00. The largest absolute Gasteiger partial charge is 0.224 e. The van der Waals surface area contributed by atoms with E-state index in [-0.39, 0.29) is 9.79 Å². The SMILES string of the molecule is Cc1ccc(S(=O)(=O)CC(C)S(=O)(=O)c2ccc(C)cc2)cc1. The first-order valence-corrected chi connectivity index (χ1v) is 10.4. The second-order valence-electron chi connectivity index (χ2n) is 5.76. The molecule has 0 bridgehead atoms. The second-order valence-corrected chi connectivity index (χ2v) is 10.2. The molecule has 0 aliphatic rings. The van der Waals surface area contributed by atoms with Crippen molar-refractivity contribution in [3.63, 3.8) is 0 Å². The molecule has 0 amide bonds. The molecule has 0 radical (unpaired) electrons. The van der Waals surface area contributed by atoms with E-state index in [1.807, 2.05) is 13.8 Å². The molecule has 23 heavy (non-hydrogen) atoms. The molecule has 0 spiro atoms. The van der Waals surface area contributed by atoms with E-state index in [9.17, 15) is 16.8 Å². The predicted octanol–water partition coefficient (Wildman–Crippen LogP) is 2.94. The van der Waals surface area contributed by atoms with Gasteiger partial charge in [-0.3, -0.25) is 0 Å². The summed E-state index contributed by atoms with van der Waals surface area (Å²) in [4.78, 5) is 0.295.